The second-order valence-electron chi connectivity index (χ2n) is 5.36. The van der Waals surface area contributed by atoms with E-state index in [1.807, 2.05) is 0 Å². The fourth-order valence-corrected chi connectivity index (χ4v) is 3.14. The minimum Gasteiger partial charge on any atom is -0.384 e. The highest BCUT2D eigenvalue weighted by molar-refractivity contribution is 9.10. The summed E-state index contributed by atoms with van der Waals surface area (Å²) in [4.78, 5) is 2.11. The summed E-state index contributed by atoms with van der Waals surface area (Å²) < 4.78 is 14.7. The Balaban J connectivity index is 2.40. The van der Waals surface area contributed by atoms with Crippen molar-refractivity contribution in [1.82, 2.24) is 0 Å². The summed E-state index contributed by atoms with van der Waals surface area (Å²) >= 11 is 3.21. The molecule has 0 saturated carbocycles. The van der Waals surface area contributed by atoms with Crippen LogP contribution in [-0.4, -0.2) is 18.4 Å². The number of nitrogen functional groups attached to an aromatic ring is 1. The number of anilines is 1. The van der Waals surface area contributed by atoms with Gasteiger partial charge in [-0.2, -0.15) is 0 Å². The molecule has 0 aromatic heterocycles. The Bertz CT molecular complexity index is 504. The molecule has 1 aromatic carbocycles. The molecule has 104 valence electrons. The average Bonchev–Trinajstić information content (AvgIpc) is 2.35. The van der Waals surface area contributed by atoms with Crippen LogP contribution in [0.4, 0.5) is 10.1 Å². The van der Waals surface area contributed by atoms with E-state index in [4.69, 9.17) is 11.1 Å². The van der Waals surface area contributed by atoms with Crippen LogP contribution in [0.15, 0.2) is 16.6 Å². The molecule has 2 atom stereocenters. The number of nitrogens with zero attached hydrogens (tertiary/aromatic N) is 1. The summed E-state index contributed by atoms with van der Waals surface area (Å²) in [6.45, 7) is 5.18. The molecule has 1 aliphatic rings. The third kappa shape index (κ3) is 2.76. The molecule has 0 radical (unpaired) electrons. The van der Waals surface area contributed by atoms with Crippen molar-refractivity contribution in [3.63, 3.8) is 0 Å². The number of nitrogens with two attached hydrogens (primary N) is 1. The van der Waals surface area contributed by atoms with Gasteiger partial charge in [-0.05, 0) is 53.7 Å². The van der Waals surface area contributed by atoms with E-state index in [0.29, 0.717) is 23.2 Å². The highest BCUT2D eigenvalue weighted by Gasteiger charge is 2.26. The van der Waals surface area contributed by atoms with Crippen molar-refractivity contribution in [3.05, 3.63) is 28.0 Å². The Kier molecular flexibility index (Phi) is 4.13. The Morgan fingerprint density at radius 1 is 1.42 bits per heavy atom. The minimum absolute atomic E-state index is 0.127. The molecule has 0 bridgehead atoms. The normalized spacial score (nSPS) is 23.5. The zero-order valence-electron chi connectivity index (χ0n) is 11.2. The lowest BCUT2D eigenvalue weighted by Gasteiger charge is -2.39. The predicted molar refractivity (Wildman–Crippen MR) is 80.3 cm³/mol. The van der Waals surface area contributed by atoms with Gasteiger partial charge in [0.05, 0.1) is 10.2 Å². The fraction of sp³-hybridized carbons (Fsp3) is 0.500. The molecule has 0 spiro atoms. The van der Waals surface area contributed by atoms with Gasteiger partial charge < -0.3 is 10.6 Å². The first-order chi connectivity index (χ1) is 8.91. The molecule has 1 heterocycles. The van der Waals surface area contributed by atoms with E-state index >= 15 is 0 Å². The summed E-state index contributed by atoms with van der Waals surface area (Å²) in [7, 11) is 0. The molecular weight excluding hydrogens is 309 g/mol. The van der Waals surface area contributed by atoms with Gasteiger partial charge in [0.25, 0.3) is 0 Å². The quantitative estimate of drug-likeness (QED) is 0.645. The number of benzene rings is 1. The number of hydrogen-bond donors (Lipinski definition) is 2. The van der Waals surface area contributed by atoms with E-state index in [2.05, 4.69) is 34.7 Å². The maximum Gasteiger partial charge on any atom is 0.161 e. The monoisotopic (exact) mass is 327 g/mol. The molecule has 0 amide bonds. The maximum absolute atomic E-state index is 14.5. The molecule has 3 nitrogen and oxygen atoms in total. The first-order valence-corrected chi connectivity index (χ1v) is 7.30. The van der Waals surface area contributed by atoms with Gasteiger partial charge >= 0.3 is 0 Å². The van der Waals surface area contributed by atoms with Crippen molar-refractivity contribution in [3.8, 4) is 0 Å². The van der Waals surface area contributed by atoms with Gasteiger partial charge in [0.15, 0.2) is 5.82 Å². The standard InChI is InChI=1S/C14H19BrFN3/c1-8-3-4-9(2)19(7-8)11-6-5-10(14(17)18)12(15)13(11)16/h5-6,8-9H,3-4,7H2,1-2H3,(H3,17,18). The summed E-state index contributed by atoms with van der Waals surface area (Å²) in [6, 6.07) is 3.77. The zero-order valence-corrected chi connectivity index (χ0v) is 12.8. The van der Waals surface area contributed by atoms with E-state index in [9.17, 15) is 4.39 Å². The second kappa shape index (κ2) is 5.49. The first kappa shape index (κ1) is 14.3. The molecule has 1 aromatic rings. The molecule has 1 aliphatic heterocycles. The van der Waals surface area contributed by atoms with Gasteiger partial charge in [-0.15, -0.1) is 0 Å². The van der Waals surface area contributed by atoms with Crippen molar-refractivity contribution in [2.24, 2.45) is 11.7 Å². The van der Waals surface area contributed by atoms with Gasteiger partial charge in [-0.3, -0.25) is 5.41 Å². The van der Waals surface area contributed by atoms with Crippen molar-refractivity contribution in [2.45, 2.75) is 32.7 Å². The molecule has 1 fully saturated rings. The average molecular weight is 328 g/mol. The number of nitrogens with one attached hydrogen (secondary N) is 1. The topological polar surface area (TPSA) is 53.1 Å². The molecule has 2 rings (SSSR count). The van der Waals surface area contributed by atoms with Crippen molar-refractivity contribution in [1.29, 1.82) is 5.41 Å². The van der Waals surface area contributed by atoms with Crippen LogP contribution in [0.25, 0.3) is 0 Å². The number of hydrogen-bond acceptors (Lipinski definition) is 2. The molecule has 0 aliphatic carbocycles. The van der Waals surface area contributed by atoms with Gasteiger partial charge in [0, 0.05) is 18.2 Å². The number of amidine groups is 1. The lowest BCUT2D eigenvalue weighted by molar-refractivity contribution is 0.386. The molecule has 3 N–H and O–H groups in total. The third-order valence-corrected chi connectivity index (χ3v) is 4.55. The fourth-order valence-electron chi connectivity index (χ4n) is 2.59. The number of rotatable bonds is 2. The van der Waals surface area contributed by atoms with E-state index in [1.54, 1.807) is 12.1 Å². The largest absolute Gasteiger partial charge is 0.384 e. The Hall–Kier alpha value is -1.10. The van der Waals surface area contributed by atoms with Crippen LogP contribution in [-0.2, 0) is 0 Å². The third-order valence-electron chi connectivity index (χ3n) is 3.78. The smallest absolute Gasteiger partial charge is 0.161 e. The highest BCUT2D eigenvalue weighted by Crippen LogP contribution is 2.34. The lowest BCUT2D eigenvalue weighted by atomic mass is 9.94. The summed E-state index contributed by atoms with van der Waals surface area (Å²) in [5.74, 6) is 0.118. The molecule has 19 heavy (non-hydrogen) atoms. The first-order valence-electron chi connectivity index (χ1n) is 6.50. The van der Waals surface area contributed by atoms with E-state index in [0.717, 1.165) is 13.0 Å². The van der Waals surface area contributed by atoms with Crippen LogP contribution >= 0.6 is 15.9 Å². The van der Waals surface area contributed by atoms with Gasteiger partial charge in [0.1, 0.15) is 5.84 Å². The molecule has 2 unspecified atom stereocenters. The Morgan fingerprint density at radius 2 is 2.11 bits per heavy atom. The predicted octanol–water partition coefficient (Wildman–Crippen LogP) is 3.50. The molecular formula is C14H19BrFN3. The Labute approximate surface area is 121 Å². The zero-order chi connectivity index (χ0) is 14.2. The van der Waals surface area contributed by atoms with Crippen LogP contribution < -0.4 is 10.6 Å². The second-order valence-corrected chi connectivity index (χ2v) is 6.15. The number of halogens is 2. The van der Waals surface area contributed by atoms with Crippen LogP contribution in [0.2, 0.25) is 0 Å². The summed E-state index contributed by atoms with van der Waals surface area (Å²) in [5, 5.41) is 7.43. The van der Waals surface area contributed by atoms with Crippen molar-refractivity contribution < 1.29 is 4.39 Å². The summed E-state index contributed by atoms with van der Waals surface area (Å²) in [6.07, 6.45) is 2.26. The van der Waals surface area contributed by atoms with E-state index in [1.165, 1.54) is 6.42 Å². The molecule has 1 saturated heterocycles. The van der Waals surface area contributed by atoms with Crippen LogP contribution in [0.3, 0.4) is 0 Å². The minimum atomic E-state index is -0.325. The van der Waals surface area contributed by atoms with E-state index in [-0.39, 0.29) is 16.1 Å². The van der Waals surface area contributed by atoms with Gasteiger partial charge in [-0.1, -0.05) is 6.92 Å². The summed E-state index contributed by atoms with van der Waals surface area (Å²) in [5.41, 5.74) is 6.43. The van der Waals surface area contributed by atoms with Crippen LogP contribution in [0, 0.1) is 17.1 Å². The van der Waals surface area contributed by atoms with Crippen LogP contribution in [0.1, 0.15) is 32.3 Å². The van der Waals surface area contributed by atoms with Gasteiger partial charge in [-0.25, -0.2) is 4.39 Å². The lowest BCUT2D eigenvalue weighted by Crippen LogP contribution is -2.41. The van der Waals surface area contributed by atoms with Crippen molar-refractivity contribution in [2.75, 3.05) is 11.4 Å². The maximum atomic E-state index is 14.5. The molecule has 5 heteroatoms. The van der Waals surface area contributed by atoms with Crippen molar-refractivity contribution >= 4 is 27.5 Å². The number of piperidine rings is 1. The van der Waals surface area contributed by atoms with Gasteiger partial charge in [0.2, 0.25) is 0 Å². The van der Waals surface area contributed by atoms with Crippen LogP contribution in [0.5, 0.6) is 0 Å². The SMILES string of the molecule is CC1CCC(C)N(c2ccc(C(=N)N)c(Br)c2F)C1. The van der Waals surface area contributed by atoms with E-state index < -0.39 is 0 Å². The Morgan fingerprint density at radius 3 is 2.74 bits per heavy atom. The highest BCUT2D eigenvalue weighted by atomic mass is 79.9.